The second kappa shape index (κ2) is 34.0. The van der Waals surface area contributed by atoms with Crippen molar-refractivity contribution < 1.29 is 110 Å². The molecule has 4 aliphatic carbocycles. The summed E-state index contributed by atoms with van der Waals surface area (Å²) in [6.45, 7) is 14.9. The molecule has 8 aliphatic rings. The van der Waals surface area contributed by atoms with E-state index in [1.807, 2.05) is 64.1 Å². The number of aromatic nitrogens is 2. The second-order valence-corrected chi connectivity index (χ2v) is 37.6. The molecule has 114 heavy (non-hydrogen) atoms. The molecule has 0 bridgehead atoms. The molecule has 2 aromatic carbocycles. The highest BCUT2D eigenvalue weighted by molar-refractivity contribution is 7.91. The standard InChI is InChI=1S/2C41H52F3N3O9S/c2*1-6-54-28-11-14-31-26(18-28)15-16-45-36(31)55-29-19-33-34(48)22-40(38(51)46-57(52,53)30-12-13-30)21-27(40)10-8-7-9-24(2)17-25(3)32(37(50)47(33)23-29)20-35(49)56-39(4,5)41(42,43)44/h2*8,10-11,14-16,18,24-25,27,29-30,32-33H,6-7,9,12-13,17,19-23H2,1-5H3,(H,46,51)/b2*10-8-/t24-,25+,27+,29+,32-,33-,40+;24-,25-,27-,29-,32+,33+,40-/m01/s1. The van der Waals surface area contributed by atoms with Crippen molar-refractivity contribution in [3.8, 4) is 23.3 Å². The molecule has 4 aliphatic heterocycles. The first-order valence-corrected chi connectivity index (χ1v) is 42.6. The number of alkyl halides is 6. The highest BCUT2D eigenvalue weighted by atomic mass is 32.2. The minimum Gasteiger partial charge on any atom is -0.494 e. The second-order valence-electron chi connectivity index (χ2n) is 33.6. The Hall–Kier alpha value is -8.42. The van der Waals surface area contributed by atoms with Gasteiger partial charge >= 0.3 is 24.3 Å². The third kappa shape index (κ3) is 20.0. The summed E-state index contributed by atoms with van der Waals surface area (Å²) in [6, 6.07) is 12.1. The van der Waals surface area contributed by atoms with Crippen LogP contribution in [0.15, 0.2) is 85.2 Å². The maximum Gasteiger partial charge on any atom is 0.427 e. The SMILES string of the molecule is CCOc1ccc2c(O[C@@H]3C[C@H]4C(=O)C[C@]5(C(=O)NS(=O)(=O)C6CC6)C[C@H]5/C=C\CC[C@@H](C)C[C@@H](C)[C@H](CC(=O)OC(C)(C)C(F)(F)F)C(=O)N4C3)nccc2c1.CCOc1ccc2c(O[C@@H]3C[C@H]4C(=O)C[C@]5(C(=O)NS(=O)(=O)C6CC6)C[C@H]5/C=C\CC[C@H](C)C[C@@H](C)[C@H](CC(=O)OC(C)(C)C(F)(F)F)C(=O)N4C3)nccc2c1. The van der Waals surface area contributed by atoms with Gasteiger partial charge in [0.25, 0.3) is 0 Å². The molecule has 2 N–H and O–H groups in total. The number of nitrogens with one attached hydrogen (secondary N) is 2. The molecule has 6 fully saturated rings. The summed E-state index contributed by atoms with van der Waals surface area (Å²) in [7, 11) is -7.85. The Morgan fingerprint density at radius 3 is 1.25 bits per heavy atom. The van der Waals surface area contributed by atoms with Crippen LogP contribution in [-0.4, -0.2) is 168 Å². The fourth-order valence-corrected chi connectivity index (χ4v) is 19.1. The average molecular weight is 1640 g/mol. The highest BCUT2D eigenvalue weighted by Crippen LogP contribution is 2.59. The molecule has 0 radical (unpaired) electrons. The number of sulfonamides is 2. The molecule has 4 aromatic rings. The quantitative estimate of drug-likeness (QED) is 0.0472. The fourth-order valence-electron chi connectivity index (χ4n) is 16.4. The Balaban J connectivity index is 0.000000225. The van der Waals surface area contributed by atoms with E-state index >= 15 is 0 Å². The van der Waals surface area contributed by atoms with Crippen molar-refractivity contribution in [3.63, 3.8) is 0 Å². The van der Waals surface area contributed by atoms with Crippen LogP contribution < -0.4 is 28.4 Å². The number of carbonyl (C=O) groups excluding carboxylic acids is 8. The summed E-state index contributed by atoms with van der Waals surface area (Å²) < 4.78 is 172. The van der Waals surface area contributed by atoms with Crippen LogP contribution in [0.5, 0.6) is 23.3 Å². The van der Waals surface area contributed by atoms with Crippen molar-refractivity contribution in [3.05, 3.63) is 85.2 Å². The lowest BCUT2D eigenvalue weighted by molar-refractivity contribution is -0.257. The number of ether oxygens (including phenoxy) is 6. The number of fused-ring (bicyclic) bond motifs is 6. The number of hydrogen-bond donors (Lipinski definition) is 2. The van der Waals surface area contributed by atoms with Gasteiger partial charge in [0.15, 0.2) is 11.6 Å². The molecule has 2 aromatic heterocycles. The van der Waals surface area contributed by atoms with E-state index < -0.39 is 185 Å². The van der Waals surface area contributed by atoms with Gasteiger partial charge in [-0.25, -0.2) is 26.8 Å². The smallest absolute Gasteiger partial charge is 0.427 e. The first-order chi connectivity index (χ1) is 53.5. The molecular weight excluding hydrogens is 1540 g/mol. The predicted octanol–water partition coefficient (Wildman–Crippen LogP) is 12.9. The van der Waals surface area contributed by atoms with Gasteiger partial charge in [-0.15, -0.1) is 0 Å². The van der Waals surface area contributed by atoms with Crippen molar-refractivity contribution in [1.82, 2.24) is 29.2 Å². The summed E-state index contributed by atoms with van der Waals surface area (Å²) in [5.74, 6) is -8.45. The van der Waals surface area contributed by atoms with Gasteiger partial charge in [-0.2, -0.15) is 26.3 Å². The number of pyridine rings is 2. The lowest BCUT2D eigenvalue weighted by atomic mass is 9.82. The van der Waals surface area contributed by atoms with Crippen LogP contribution >= 0.6 is 0 Å². The van der Waals surface area contributed by atoms with E-state index in [0.29, 0.717) is 99.7 Å². The molecular formula is C82H104F6N6O18S2. The van der Waals surface area contributed by atoms with E-state index in [4.69, 9.17) is 28.4 Å². The molecule has 0 spiro atoms. The highest BCUT2D eigenvalue weighted by Gasteiger charge is 2.64. The van der Waals surface area contributed by atoms with Crippen LogP contribution in [0.4, 0.5) is 26.3 Å². The van der Waals surface area contributed by atoms with Crippen LogP contribution in [0.3, 0.4) is 0 Å². The molecule has 32 heteroatoms. The van der Waals surface area contributed by atoms with Crippen molar-refractivity contribution in [2.45, 2.75) is 243 Å². The van der Waals surface area contributed by atoms with E-state index in [0.717, 1.165) is 38.5 Å². The molecule has 0 unspecified atom stereocenters. The van der Waals surface area contributed by atoms with Crippen LogP contribution in [0.2, 0.25) is 0 Å². The van der Waals surface area contributed by atoms with Gasteiger partial charge in [0, 0.05) is 48.8 Å². The number of carbonyl (C=O) groups is 8. The van der Waals surface area contributed by atoms with Crippen LogP contribution in [0.25, 0.3) is 21.5 Å². The number of allylic oxidation sites excluding steroid dienone is 4. The Morgan fingerprint density at radius 2 is 0.904 bits per heavy atom. The van der Waals surface area contributed by atoms with Gasteiger partial charge in [-0.3, -0.25) is 47.8 Å². The van der Waals surface area contributed by atoms with Crippen LogP contribution in [-0.2, 0) is 67.9 Å². The number of esters is 2. The first kappa shape index (κ1) is 86.4. The van der Waals surface area contributed by atoms with Gasteiger partial charge in [0.2, 0.25) is 66.6 Å². The molecule has 6 heterocycles. The number of benzene rings is 2. The number of hydrogen-bond acceptors (Lipinski definition) is 20. The Kier molecular flexibility index (Phi) is 25.8. The maximum atomic E-state index is 14.8. The Labute approximate surface area is 660 Å². The Morgan fingerprint density at radius 1 is 0.535 bits per heavy atom. The van der Waals surface area contributed by atoms with E-state index in [-0.39, 0.29) is 75.2 Å². The number of Topliss-reactive ketones (excluding diaryl/α,β-unsaturated/α-hetero) is 2. The minimum absolute atomic E-state index is 0.0126. The normalized spacial score (nSPS) is 29.4. The number of halogens is 6. The van der Waals surface area contributed by atoms with E-state index in [2.05, 4.69) is 19.4 Å². The van der Waals surface area contributed by atoms with Gasteiger partial charge in [0.05, 0.1) is 84.4 Å². The summed E-state index contributed by atoms with van der Waals surface area (Å²) in [5.41, 5.74) is -8.33. The van der Waals surface area contributed by atoms with Crippen LogP contribution in [0, 0.1) is 58.2 Å². The third-order valence-corrected chi connectivity index (χ3v) is 27.4. The monoisotopic (exact) mass is 1640 g/mol. The molecule has 624 valence electrons. The number of rotatable bonds is 20. The molecule has 14 atom stereocenters. The summed E-state index contributed by atoms with van der Waals surface area (Å²) >= 11 is 0. The van der Waals surface area contributed by atoms with Crippen molar-refractivity contribution in [2.24, 2.45) is 58.2 Å². The number of ketones is 2. The van der Waals surface area contributed by atoms with Gasteiger partial charge in [-0.1, -0.05) is 52.0 Å². The Bertz CT molecular complexity index is 4320. The molecule has 12 rings (SSSR count). The maximum absolute atomic E-state index is 14.8. The zero-order valence-corrected chi connectivity index (χ0v) is 67.6. The lowest BCUT2D eigenvalue weighted by Gasteiger charge is -2.33. The van der Waals surface area contributed by atoms with E-state index in [1.165, 1.54) is 9.80 Å². The van der Waals surface area contributed by atoms with Crippen molar-refractivity contribution in [2.75, 3.05) is 26.3 Å². The molecule has 4 saturated carbocycles. The zero-order chi connectivity index (χ0) is 83.0. The molecule has 4 amide bonds. The van der Waals surface area contributed by atoms with Gasteiger partial charge in [-0.05, 0) is 213 Å². The zero-order valence-electron chi connectivity index (χ0n) is 65.9. The first-order valence-electron chi connectivity index (χ1n) is 39.5. The average Bonchev–Trinajstić information content (AvgIpc) is 1.57. The van der Waals surface area contributed by atoms with Gasteiger partial charge in [0.1, 0.15) is 23.7 Å². The van der Waals surface area contributed by atoms with Crippen molar-refractivity contribution in [1.29, 1.82) is 0 Å². The van der Waals surface area contributed by atoms with Gasteiger partial charge < -0.3 is 38.2 Å². The number of nitrogens with zero attached hydrogens (tertiary/aromatic N) is 4. The van der Waals surface area contributed by atoms with E-state index in [9.17, 15) is 81.5 Å². The summed E-state index contributed by atoms with van der Waals surface area (Å²) in [5, 5.41) is 1.53. The summed E-state index contributed by atoms with van der Waals surface area (Å²) in [4.78, 5) is 124. The molecule has 24 nitrogen and oxygen atoms in total. The van der Waals surface area contributed by atoms with Crippen molar-refractivity contribution >= 4 is 88.7 Å². The predicted molar refractivity (Wildman–Crippen MR) is 407 cm³/mol. The summed E-state index contributed by atoms with van der Waals surface area (Å²) in [6.07, 6.45) is 2.99. The van der Waals surface area contributed by atoms with Crippen LogP contribution in [0.1, 0.15) is 185 Å². The largest absolute Gasteiger partial charge is 0.494 e. The fraction of sp³-hybridized carbons (Fsp3) is 0.634. The molecule has 2 saturated heterocycles. The lowest BCUT2D eigenvalue weighted by Crippen LogP contribution is -2.48. The number of amides is 4. The van der Waals surface area contributed by atoms with E-state index in [1.54, 1.807) is 62.6 Å². The minimum atomic E-state index is -4.86. The third-order valence-electron chi connectivity index (χ3n) is 23.8. The topological polar surface area (TPSA) is 317 Å².